The zero-order valence-corrected chi connectivity index (χ0v) is 22.9. The van der Waals surface area contributed by atoms with Gasteiger partial charge in [-0.2, -0.15) is 0 Å². The summed E-state index contributed by atoms with van der Waals surface area (Å²) >= 11 is 0. The van der Waals surface area contributed by atoms with Crippen molar-refractivity contribution in [3.8, 4) is 5.75 Å². The molecule has 0 aliphatic carbocycles. The molecule has 1 saturated heterocycles. The molecule has 33 heavy (non-hydrogen) atoms. The molecular weight excluding hydrogens is 412 g/mol. The Kier molecular flexibility index (Phi) is 21.5. The average molecular weight is 463 g/mol. The molecule has 1 unspecified atom stereocenters. The molecule has 2 rings (SSSR count). The third-order valence-corrected chi connectivity index (χ3v) is 5.39. The van der Waals surface area contributed by atoms with Crippen molar-refractivity contribution in [3.05, 3.63) is 52.8 Å². The first kappa shape index (κ1) is 32.9. The van der Waals surface area contributed by atoms with E-state index in [1.807, 2.05) is 45.9 Å². The Morgan fingerprint density at radius 3 is 2.24 bits per heavy atom. The van der Waals surface area contributed by atoms with E-state index >= 15 is 0 Å². The lowest BCUT2D eigenvalue weighted by atomic mass is 10.00. The fraction of sp³-hybridized carbons (Fsp3) is 0.607. The molecule has 1 heterocycles. The lowest BCUT2D eigenvalue weighted by molar-refractivity contribution is -0.117. The number of benzene rings is 1. The van der Waals surface area contributed by atoms with Gasteiger partial charge in [0, 0.05) is 12.1 Å². The van der Waals surface area contributed by atoms with E-state index in [1.54, 1.807) is 21.1 Å². The van der Waals surface area contributed by atoms with Crippen LogP contribution in [0.4, 0.5) is 0 Å². The molecule has 190 valence electrons. The monoisotopic (exact) mass is 462 g/mol. The molecule has 1 aromatic carbocycles. The molecule has 1 fully saturated rings. The Labute approximate surface area is 204 Å². The lowest BCUT2D eigenvalue weighted by Crippen LogP contribution is -2.38. The summed E-state index contributed by atoms with van der Waals surface area (Å²) in [5, 5.41) is 6.23. The van der Waals surface area contributed by atoms with Gasteiger partial charge in [-0.05, 0) is 95.6 Å². The van der Waals surface area contributed by atoms with Crippen molar-refractivity contribution in [3.63, 3.8) is 0 Å². The second-order valence-electron chi connectivity index (χ2n) is 7.66. The van der Waals surface area contributed by atoms with Crippen LogP contribution < -0.4 is 15.4 Å². The van der Waals surface area contributed by atoms with E-state index in [0.29, 0.717) is 11.5 Å². The Balaban J connectivity index is 0. The molecule has 0 radical (unpaired) electrons. The molecule has 0 spiro atoms. The van der Waals surface area contributed by atoms with Crippen molar-refractivity contribution in [2.24, 2.45) is 5.92 Å². The highest BCUT2D eigenvalue weighted by Crippen LogP contribution is 2.23. The predicted octanol–water partition coefficient (Wildman–Crippen LogP) is 6.14. The normalized spacial score (nSPS) is 15.1. The van der Waals surface area contributed by atoms with E-state index in [9.17, 15) is 4.79 Å². The maximum atomic E-state index is 11.5. The summed E-state index contributed by atoms with van der Waals surface area (Å²) in [6.07, 6.45) is 8.96. The van der Waals surface area contributed by atoms with Gasteiger partial charge >= 0.3 is 0 Å². The van der Waals surface area contributed by atoms with E-state index in [4.69, 9.17) is 9.47 Å². The number of amides is 1. The van der Waals surface area contributed by atoms with Crippen LogP contribution in [-0.2, 0) is 16.0 Å². The Hall–Kier alpha value is -2.27. The molecule has 1 amide bonds. The fourth-order valence-corrected chi connectivity index (χ4v) is 3.16. The minimum absolute atomic E-state index is 0.0394. The molecule has 1 atom stereocenters. The van der Waals surface area contributed by atoms with Gasteiger partial charge in [0.1, 0.15) is 5.75 Å². The van der Waals surface area contributed by atoms with Gasteiger partial charge in [-0.1, -0.05) is 39.0 Å². The molecule has 5 heteroatoms. The second kappa shape index (κ2) is 21.6. The van der Waals surface area contributed by atoms with Crippen molar-refractivity contribution in [2.45, 2.75) is 74.7 Å². The summed E-state index contributed by atoms with van der Waals surface area (Å²) < 4.78 is 10.0. The number of nitrogens with one attached hydrogen (secondary N) is 2. The molecule has 1 aliphatic heterocycles. The molecule has 0 saturated carbocycles. The van der Waals surface area contributed by atoms with Gasteiger partial charge in [0.2, 0.25) is 5.91 Å². The second-order valence-corrected chi connectivity index (χ2v) is 7.66. The van der Waals surface area contributed by atoms with Crippen LogP contribution >= 0.6 is 0 Å². The first-order valence-electron chi connectivity index (χ1n) is 12.2. The standard InChI is InChI=1S/C11H20N2O2.C11H16O.C4H8.C2H6/c1-9(8-15-2)11(14)13-7-10-4-3-5-12-6-10;1-5-10-6-7-11(12-4)9(3)8(10)2;1-3-4-2;1-2/h8,10,12H,3-7H2,1-2H3,(H,13,14);6-7H,5H2,1-4H3;3-4H,1-2H3;1-2H3/b9-8-;;4-3-;. The van der Waals surface area contributed by atoms with Gasteiger partial charge in [-0.15, -0.1) is 0 Å². The van der Waals surface area contributed by atoms with Crippen molar-refractivity contribution < 1.29 is 14.3 Å². The molecule has 1 aliphatic rings. The summed E-state index contributed by atoms with van der Waals surface area (Å²) in [5.74, 6) is 1.52. The summed E-state index contributed by atoms with van der Waals surface area (Å²) in [4.78, 5) is 11.5. The molecule has 1 aromatic rings. The van der Waals surface area contributed by atoms with Crippen LogP contribution in [-0.4, -0.2) is 39.8 Å². The number of rotatable bonds is 6. The van der Waals surface area contributed by atoms with Crippen molar-refractivity contribution in [1.82, 2.24) is 10.6 Å². The number of ether oxygens (including phenoxy) is 2. The Morgan fingerprint density at radius 2 is 1.79 bits per heavy atom. The number of hydrogen-bond acceptors (Lipinski definition) is 4. The van der Waals surface area contributed by atoms with Gasteiger partial charge < -0.3 is 20.1 Å². The van der Waals surface area contributed by atoms with Crippen LogP contribution in [0.5, 0.6) is 5.75 Å². The SMILES string of the molecule is C/C=C\C.CC.CCc1ccc(OC)c(C)c1C.CO/C=C(/C)C(=O)NCC1CCCNC1. The maximum absolute atomic E-state index is 11.5. The van der Waals surface area contributed by atoms with Crippen molar-refractivity contribution in [2.75, 3.05) is 33.9 Å². The van der Waals surface area contributed by atoms with Crippen LogP contribution in [0.25, 0.3) is 0 Å². The number of allylic oxidation sites excluding steroid dienone is 2. The van der Waals surface area contributed by atoms with E-state index < -0.39 is 0 Å². The highest BCUT2D eigenvalue weighted by atomic mass is 16.5. The highest BCUT2D eigenvalue weighted by Gasteiger charge is 2.14. The third kappa shape index (κ3) is 14.5. The summed E-state index contributed by atoms with van der Waals surface area (Å²) in [6, 6.07) is 4.18. The van der Waals surface area contributed by atoms with Crippen LogP contribution in [0.2, 0.25) is 0 Å². The predicted molar refractivity (Wildman–Crippen MR) is 143 cm³/mol. The first-order valence-corrected chi connectivity index (χ1v) is 12.2. The third-order valence-electron chi connectivity index (χ3n) is 5.39. The van der Waals surface area contributed by atoms with E-state index in [2.05, 4.69) is 37.5 Å². The lowest BCUT2D eigenvalue weighted by Gasteiger charge is -2.22. The molecular formula is C28H50N2O3. The number of aryl methyl sites for hydroxylation is 1. The number of piperidine rings is 1. The fourth-order valence-electron chi connectivity index (χ4n) is 3.16. The van der Waals surface area contributed by atoms with Gasteiger partial charge in [-0.25, -0.2) is 0 Å². The van der Waals surface area contributed by atoms with Crippen LogP contribution in [0, 0.1) is 19.8 Å². The van der Waals surface area contributed by atoms with Gasteiger partial charge in [0.25, 0.3) is 0 Å². The topological polar surface area (TPSA) is 59.6 Å². The van der Waals surface area contributed by atoms with Crippen LogP contribution in [0.15, 0.2) is 36.1 Å². The first-order chi connectivity index (χ1) is 15.9. The zero-order chi connectivity index (χ0) is 25.6. The van der Waals surface area contributed by atoms with Crippen LogP contribution in [0.1, 0.15) is 71.1 Å². The van der Waals surface area contributed by atoms with Gasteiger partial charge in [-0.3, -0.25) is 4.79 Å². The van der Waals surface area contributed by atoms with E-state index in [1.165, 1.54) is 35.8 Å². The number of methoxy groups -OCH3 is 2. The Bertz CT molecular complexity index is 658. The maximum Gasteiger partial charge on any atom is 0.250 e. The van der Waals surface area contributed by atoms with Crippen molar-refractivity contribution in [1.29, 1.82) is 0 Å². The van der Waals surface area contributed by atoms with Crippen LogP contribution in [0.3, 0.4) is 0 Å². The molecule has 0 aromatic heterocycles. The van der Waals surface area contributed by atoms with Gasteiger partial charge in [0.15, 0.2) is 0 Å². The number of carbonyl (C=O) groups excluding carboxylic acids is 1. The molecule has 0 bridgehead atoms. The highest BCUT2D eigenvalue weighted by molar-refractivity contribution is 5.92. The zero-order valence-electron chi connectivity index (χ0n) is 22.9. The number of carbonyl (C=O) groups is 1. The quantitative estimate of drug-likeness (QED) is 0.303. The number of hydrogen-bond donors (Lipinski definition) is 2. The summed E-state index contributed by atoms with van der Waals surface area (Å²) in [6.45, 7) is 19.0. The van der Waals surface area contributed by atoms with E-state index in [0.717, 1.165) is 31.8 Å². The summed E-state index contributed by atoms with van der Waals surface area (Å²) in [7, 11) is 3.26. The molecule has 5 nitrogen and oxygen atoms in total. The minimum Gasteiger partial charge on any atom is -0.504 e. The molecule has 2 N–H and O–H groups in total. The van der Waals surface area contributed by atoms with Gasteiger partial charge in [0.05, 0.1) is 20.5 Å². The largest absolute Gasteiger partial charge is 0.504 e. The average Bonchev–Trinajstić information content (AvgIpc) is 2.86. The van der Waals surface area contributed by atoms with E-state index in [-0.39, 0.29) is 5.91 Å². The minimum atomic E-state index is -0.0394. The summed E-state index contributed by atoms with van der Waals surface area (Å²) in [5.41, 5.74) is 4.64. The van der Waals surface area contributed by atoms with Crippen molar-refractivity contribution >= 4 is 5.91 Å². The Morgan fingerprint density at radius 1 is 1.15 bits per heavy atom. The smallest absolute Gasteiger partial charge is 0.250 e.